The van der Waals surface area contributed by atoms with Gasteiger partial charge >= 0.3 is 0 Å². The predicted octanol–water partition coefficient (Wildman–Crippen LogP) is 0.474. The highest BCUT2D eigenvalue weighted by Crippen LogP contribution is 2.13. The van der Waals surface area contributed by atoms with Crippen molar-refractivity contribution in [3.63, 3.8) is 0 Å². The van der Waals surface area contributed by atoms with E-state index >= 15 is 0 Å². The summed E-state index contributed by atoms with van der Waals surface area (Å²) in [5.41, 5.74) is 2.86. The second-order valence-corrected chi connectivity index (χ2v) is 3.76. The molecule has 0 saturated heterocycles. The minimum Gasteiger partial charge on any atom is -0.383 e. The lowest BCUT2D eigenvalue weighted by molar-refractivity contribution is 0.0634. The first-order valence-corrected chi connectivity index (χ1v) is 5.29. The van der Waals surface area contributed by atoms with Crippen molar-refractivity contribution in [3.8, 4) is 0 Å². The Morgan fingerprint density at radius 1 is 1.71 bits per heavy atom. The van der Waals surface area contributed by atoms with E-state index in [0.717, 1.165) is 0 Å². The molecule has 1 unspecified atom stereocenters. The molecule has 0 bridgehead atoms. The maximum absolute atomic E-state index is 12.2. The van der Waals surface area contributed by atoms with Gasteiger partial charge in [-0.2, -0.15) is 0 Å². The normalized spacial score (nSPS) is 12.0. The van der Waals surface area contributed by atoms with E-state index in [9.17, 15) is 4.79 Å². The van der Waals surface area contributed by atoms with Crippen LogP contribution in [0.15, 0.2) is 18.3 Å². The van der Waals surface area contributed by atoms with E-state index in [2.05, 4.69) is 10.4 Å². The van der Waals surface area contributed by atoms with Crippen LogP contribution in [0.4, 0.5) is 5.82 Å². The molecule has 0 aliphatic rings. The number of carbonyl (C=O) groups is 1. The van der Waals surface area contributed by atoms with Crippen LogP contribution < -0.4 is 11.3 Å². The lowest BCUT2D eigenvalue weighted by Crippen LogP contribution is -2.38. The van der Waals surface area contributed by atoms with Crippen molar-refractivity contribution in [2.24, 2.45) is 5.84 Å². The van der Waals surface area contributed by atoms with E-state index in [1.54, 1.807) is 37.4 Å². The number of ether oxygens (including phenoxy) is 1. The number of amides is 1. The molecule has 0 spiro atoms. The molecular formula is C11H18N4O2. The number of hydrazine groups is 1. The molecule has 0 saturated carbocycles. The summed E-state index contributed by atoms with van der Waals surface area (Å²) < 4.78 is 5.02. The molecule has 1 heterocycles. The molecule has 1 aromatic heterocycles. The maximum Gasteiger partial charge on any atom is 0.257 e. The van der Waals surface area contributed by atoms with Crippen LogP contribution in [0.25, 0.3) is 0 Å². The fraction of sp³-hybridized carbons (Fsp3) is 0.455. The number of rotatable bonds is 5. The van der Waals surface area contributed by atoms with E-state index < -0.39 is 0 Å². The van der Waals surface area contributed by atoms with Gasteiger partial charge in [0.15, 0.2) is 5.82 Å². The molecular weight excluding hydrogens is 220 g/mol. The van der Waals surface area contributed by atoms with Gasteiger partial charge in [-0.1, -0.05) is 0 Å². The largest absolute Gasteiger partial charge is 0.383 e. The third-order valence-corrected chi connectivity index (χ3v) is 2.56. The molecule has 0 aliphatic heterocycles. The van der Waals surface area contributed by atoms with Crippen LogP contribution in [0.1, 0.15) is 17.3 Å². The Kier molecular flexibility index (Phi) is 4.86. The highest BCUT2D eigenvalue weighted by molar-refractivity contribution is 5.98. The number of aromatic nitrogens is 1. The van der Waals surface area contributed by atoms with Crippen LogP contribution in [-0.4, -0.2) is 42.6 Å². The fourth-order valence-electron chi connectivity index (χ4n) is 1.44. The molecule has 6 nitrogen and oxygen atoms in total. The monoisotopic (exact) mass is 238 g/mol. The Morgan fingerprint density at radius 3 is 3.00 bits per heavy atom. The van der Waals surface area contributed by atoms with E-state index in [1.807, 2.05) is 6.92 Å². The molecule has 0 radical (unpaired) electrons. The van der Waals surface area contributed by atoms with Gasteiger partial charge in [0.1, 0.15) is 0 Å². The van der Waals surface area contributed by atoms with Gasteiger partial charge in [-0.25, -0.2) is 10.8 Å². The lowest BCUT2D eigenvalue weighted by atomic mass is 10.2. The third-order valence-electron chi connectivity index (χ3n) is 2.56. The number of likely N-dealkylation sites (N-methyl/N-ethyl adjacent to an activating group) is 1. The first kappa shape index (κ1) is 13.4. The number of nitrogens with zero attached hydrogens (tertiary/aromatic N) is 2. The van der Waals surface area contributed by atoms with Crippen LogP contribution in [0.5, 0.6) is 0 Å². The standard InChI is InChI=1S/C11H18N4O2/c1-8(7-17-3)15(2)11(16)9-5-4-6-13-10(9)14-12/h4-6,8H,7,12H2,1-3H3,(H,13,14). The predicted molar refractivity (Wildman–Crippen MR) is 65.5 cm³/mol. The van der Waals surface area contributed by atoms with E-state index in [0.29, 0.717) is 18.0 Å². The highest BCUT2D eigenvalue weighted by atomic mass is 16.5. The smallest absolute Gasteiger partial charge is 0.257 e. The average Bonchev–Trinajstić information content (AvgIpc) is 2.37. The van der Waals surface area contributed by atoms with Crippen molar-refractivity contribution in [2.45, 2.75) is 13.0 Å². The highest BCUT2D eigenvalue weighted by Gasteiger charge is 2.20. The second-order valence-electron chi connectivity index (χ2n) is 3.76. The zero-order valence-corrected chi connectivity index (χ0v) is 10.3. The quantitative estimate of drug-likeness (QED) is 0.576. The summed E-state index contributed by atoms with van der Waals surface area (Å²) in [6.07, 6.45) is 1.57. The van der Waals surface area contributed by atoms with Crippen LogP contribution >= 0.6 is 0 Å². The van der Waals surface area contributed by atoms with Crippen molar-refractivity contribution >= 4 is 11.7 Å². The van der Waals surface area contributed by atoms with E-state index in [1.165, 1.54) is 0 Å². The summed E-state index contributed by atoms with van der Waals surface area (Å²) in [6.45, 7) is 2.39. The van der Waals surface area contributed by atoms with Crippen LogP contribution in [-0.2, 0) is 4.74 Å². The molecule has 3 N–H and O–H groups in total. The molecule has 0 fully saturated rings. The van der Waals surface area contributed by atoms with Gasteiger partial charge < -0.3 is 15.1 Å². The lowest BCUT2D eigenvalue weighted by Gasteiger charge is -2.24. The van der Waals surface area contributed by atoms with Gasteiger partial charge in [-0.3, -0.25) is 4.79 Å². The van der Waals surface area contributed by atoms with Crippen LogP contribution in [0.3, 0.4) is 0 Å². The number of nitrogen functional groups attached to an aromatic ring is 1. The Bertz CT molecular complexity index is 383. The summed E-state index contributed by atoms with van der Waals surface area (Å²) in [5, 5.41) is 0. The zero-order valence-electron chi connectivity index (χ0n) is 10.3. The van der Waals surface area contributed by atoms with Crippen molar-refractivity contribution in [3.05, 3.63) is 23.9 Å². The first-order chi connectivity index (χ1) is 8.11. The molecule has 0 aliphatic carbocycles. The van der Waals surface area contributed by atoms with Crippen LogP contribution in [0, 0.1) is 0 Å². The van der Waals surface area contributed by atoms with Gasteiger partial charge in [0, 0.05) is 20.4 Å². The van der Waals surface area contributed by atoms with E-state index in [-0.39, 0.29) is 11.9 Å². The van der Waals surface area contributed by atoms with Crippen LogP contribution in [0.2, 0.25) is 0 Å². The minimum atomic E-state index is -0.143. The van der Waals surface area contributed by atoms with Gasteiger partial charge in [0.2, 0.25) is 0 Å². The average molecular weight is 238 g/mol. The van der Waals surface area contributed by atoms with Crippen molar-refractivity contribution in [1.29, 1.82) is 0 Å². The molecule has 17 heavy (non-hydrogen) atoms. The van der Waals surface area contributed by atoms with Crippen molar-refractivity contribution < 1.29 is 9.53 Å². The topological polar surface area (TPSA) is 80.5 Å². The Morgan fingerprint density at radius 2 is 2.41 bits per heavy atom. The number of anilines is 1. The Hall–Kier alpha value is -1.66. The number of nitrogens with two attached hydrogens (primary N) is 1. The molecule has 1 atom stereocenters. The molecule has 1 rings (SSSR count). The maximum atomic E-state index is 12.2. The number of nitrogens with one attached hydrogen (secondary N) is 1. The number of hydrogen-bond acceptors (Lipinski definition) is 5. The number of carbonyl (C=O) groups excluding carboxylic acids is 1. The summed E-state index contributed by atoms with van der Waals surface area (Å²) in [6, 6.07) is 3.36. The van der Waals surface area contributed by atoms with Gasteiger partial charge in [0.25, 0.3) is 5.91 Å². The molecule has 0 aromatic carbocycles. The molecule has 6 heteroatoms. The number of hydrogen-bond donors (Lipinski definition) is 2. The number of pyridine rings is 1. The first-order valence-electron chi connectivity index (χ1n) is 5.29. The Balaban J connectivity index is 2.88. The van der Waals surface area contributed by atoms with Crippen molar-refractivity contribution in [1.82, 2.24) is 9.88 Å². The fourth-order valence-corrected chi connectivity index (χ4v) is 1.44. The molecule has 1 aromatic rings. The second kappa shape index (κ2) is 6.17. The third kappa shape index (κ3) is 3.15. The van der Waals surface area contributed by atoms with E-state index in [4.69, 9.17) is 10.6 Å². The Labute approximate surface area is 101 Å². The van der Waals surface area contributed by atoms with Gasteiger partial charge in [-0.15, -0.1) is 0 Å². The van der Waals surface area contributed by atoms with Crippen molar-refractivity contribution in [2.75, 3.05) is 26.2 Å². The summed E-state index contributed by atoms with van der Waals surface area (Å²) >= 11 is 0. The summed E-state index contributed by atoms with van der Waals surface area (Å²) in [5.74, 6) is 5.54. The molecule has 94 valence electrons. The van der Waals surface area contributed by atoms with Gasteiger partial charge in [-0.05, 0) is 19.1 Å². The summed E-state index contributed by atoms with van der Waals surface area (Å²) in [7, 11) is 3.32. The minimum absolute atomic E-state index is 0.0154. The number of methoxy groups -OCH3 is 1. The molecule has 1 amide bonds. The zero-order chi connectivity index (χ0) is 12.8. The van der Waals surface area contributed by atoms with Gasteiger partial charge in [0.05, 0.1) is 18.2 Å². The summed E-state index contributed by atoms with van der Waals surface area (Å²) in [4.78, 5) is 17.8. The SMILES string of the molecule is COCC(C)N(C)C(=O)c1cccnc1NN.